The van der Waals surface area contributed by atoms with Gasteiger partial charge < -0.3 is 5.32 Å². The summed E-state index contributed by atoms with van der Waals surface area (Å²) >= 11 is 2.35. The van der Waals surface area contributed by atoms with Crippen LogP contribution >= 0.6 is 22.6 Å². The molecular weight excluding hydrogens is 333 g/mol. The van der Waals surface area contributed by atoms with Crippen LogP contribution in [-0.2, 0) is 13.0 Å². The van der Waals surface area contributed by atoms with Gasteiger partial charge in [0.2, 0.25) is 0 Å². The molecule has 0 unspecified atom stereocenters. The van der Waals surface area contributed by atoms with Crippen LogP contribution in [0.25, 0.3) is 0 Å². The number of halogens is 1. The third-order valence-corrected chi connectivity index (χ3v) is 3.83. The fourth-order valence-electron chi connectivity index (χ4n) is 2.09. The maximum absolute atomic E-state index is 3.53. The van der Waals surface area contributed by atoms with Gasteiger partial charge in [0.05, 0.1) is 0 Å². The van der Waals surface area contributed by atoms with Crippen LogP contribution in [-0.4, -0.2) is 0 Å². The Morgan fingerprint density at radius 1 is 1.06 bits per heavy atom. The van der Waals surface area contributed by atoms with Gasteiger partial charge in [-0.2, -0.15) is 0 Å². The average Bonchev–Trinajstić information content (AvgIpc) is 2.38. The van der Waals surface area contributed by atoms with E-state index >= 15 is 0 Å². The Labute approximate surface area is 123 Å². The summed E-state index contributed by atoms with van der Waals surface area (Å²) in [5, 5.41) is 3.53. The second-order valence-electron chi connectivity index (χ2n) is 4.44. The Bertz CT molecular complexity index is 534. The van der Waals surface area contributed by atoms with Gasteiger partial charge in [0.25, 0.3) is 0 Å². The number of anilines is 1. The van der Waals surface area contributed by atoms with E-state index in [1.54, 1.807) is 0 Å². The lowest BCUT2D eigenvalue weighted by Gasteiger charge is -2.12. The van der Waals surface area contributed by atoms with Gasteiger partial charge in [-0.25, -0.2) is 0 Å². The highest BCUT2D eigenvalue weighted by Gasteiger charge is 2.01. The largest absolute Gasteiger partial charge is 0.381 e. The molecule has 18 heavy (non-hydrogen) atoms. The zero-order chi connectivity index (χ0) is 13.0. The molecule has 0 atom stereocenters. The standard InChI is InChI=1S/C16H18IN/c1-3-13-6-4-5-7-14(13)11-18-16-9-8-15(17)10-12(16)2/h4-10,18H,3,11H2,1-2H3. The van der Waals surface area contributed by atoms with Gasteiger partial charge in [0.1, 0.15) is 0 Å². The molecule has 2 heteroatoms. The second-order valence-corrected chi connectivity index (χ2v) is 5.68. The Kier molecular flexibility index (Phi) is 4.64. The second kappa shape index (κ2) is 6.23. The van der Waals surface area contributed by atoms with E-state index in [0.717, 1.165) is 13.0 Å². The summed E-state index contributed by atoms with van der Waals surface area (Å²) in [5.41, 5.74) is 5.34. The summed E-state index contributed by atoms with van der Waals surface area (Å²) in [6.45, 7) is 5.25. The van der Waals surface area contributed by atoms with E-state index in [4.69, 9.17) is 0 Å². The Hall–Kier alpha value is -1.03. The van der Waals surface area contributed by atoms with Crippen molar-refractivity contribution in [2.24, 2.45) is 0 Å². The topological polar surface area (TPSA) is 12.0 Å². The molecule has 0 aliphatic heterocycles. The molecule has 0 heterocycles. The van der Waals surface area contributed by atoms with Crippen LogP contribution in [0.3, 0.4) is 0 Å². The van der Waals surface area contributed by atoms with Crippen LogP contribution < -0.4 is 5.32 Å². The zero-order valence-electron chi connectivity index (χ0n) is 10.8. The molecule has 0 aliphatic carbocycles. The van der Waals surface area contributed by atoms with Crippen molar-refractivity contribution in [1.29, 1.82) is 0 Å². The first-order chi connectivity index (χ1) is 8.70. The lowest BCUT2D eigenvalue weighted by Crippen LogP contribution is -2.03. The van der Waals surface area contributed by atoms with E-state index < -0.39 is 0 Å². The Balaban J connectivity index is 2.11. The van der Waals surface area contributed by atoms with Crippen LogP contribution in [0.1, 0.15) is 23.6 Å². The fraction of sp³-hybridized carbons (Fsp3) is 0.250. The van der Waals surface area contributed by atoms with Crippen LogP contribution in [0.4, 0.5) is 5.69 Å². The van der Waals surface area contributed by atoms with E-state index in [-0.39, 0.29) is 0 Å². The number of hydrogen-bond acceptors (Lipinski definition) is 1. The Morgan fingerprint density at radius 2 is 1.78 bits per heavy atom. The summed E-state index contributed by atoms with van der Waals surface area (Å²) in [5.74, 6) is 0. The zero-order valence-corrected chi connectivity index (χ0v) is 13.0. The molecule has 94 valence electrons. The van der Waals surface area contributed by atoms with Crippen molar-refractivity contribution >= 4 is 28.3 Å². The van der Waals surface area contributed by atoms with Crippen molar-refractivity contribution < 1.29 is 0 Å². The molecule has 0 bridgehead atoms. The van der Waals surface area contributed by atoms with Crippen LogP contribution in [0.15, 0.2) is 42.5 Å². The molecule has 0 aromatic heterocycles. The minimum atomic E-state index is 0.894. The van der Waals surface area contributed by atoms with Crippen LogP contribution in [0.2, 0.25) is 0 Å². The highest BCUT2D eigenvalue weighted by Crippen LogP contribution is 2.19. The molecule has 1 nitrogen and oxygen atoms in total. The highest BCUT2D eigenvalue weighted by atomic mass is 127. The minimum Gasteiger partial charge on any atom is -0.381 e. The van der Waals surface area contributed by atoms with Gasteiger partial charge in [-0.05, 0) is 70.8 Å². The minimum absolute atomic E-state index is 0.894. The van der Waals surface area contributed by atoms with Gasteiger partial charge >= 0.3 is 0 Å². The van der Waals surface area contributed by atoms with Crippen molar-refractivity contribution in [2.45, 2.75) is 26.8 Å². The maximum atomic E-state index is 3.53. The molecule has 0 spiro atoms. The van der Waals surface area contributed by atoms with Gasteiger partial charge in [0.15, 0.2) is 0 Å². The first kappa shape index (κ1) is 13.4. The maximum Gasteiger partial charge on any atom is 0.0403 e. The van der Waals surface area contributed by atoms with Crippen LogP contribution in [0.5, 0.6) is 0 Å². The number of aryl methyl sites for hydroxylation is 2. The molecular formula is C16H18IN. The van der Waals surface area contributed by atoms with E-state index in [0.29, 0.717) is 0 Å². The first-order valence-corrected chi connectivity index (χ1v) is 7.35. The monoisotopic (exact) mass is 351 g/mol. The molecule has 0 aliphatic rings. The lowest BCUT2D eigenvalue weighted by molar-refractivity contribution is 1.04. The van der Waals surface area contributed by atoms with Gasteiger partial charge in [-0.3, -0.25) is 0 Å². The number of benzene rings is 2. The van der Waals surface area contributed by atoms with E-state index in [1.165, 1.54) is 25.9 Å². The quantitative estimate of drug-likeness (QED) is 0.782. The fourth-order valence-corrected chi connectivity index (χ4v) is 2.74. The molecule has 0 saturated heterocycles. The van der Waals surface area contributed by atoms with Crippen LogP contribution in [0, 0.1) is 10.5 Å². The molecule has 1 N–H and O–H groups in total. The first-order valence-electron chi connectivity index (χ1n) is 6.27. The smallest absolute Gasteiger partial charge is 0.0403 e. The Morgan fingerprint density at radius 3 is 2.44 bits per heavy atom. The lowest BCUT2D eigenvalue weighted by atomic mass is 10.1. The molecule has 0 radical (unpaired) electrons. The third kappa shape index (κ3) is 3.25. The molecule has 2 rings (SSSR count). The van der Waals surface area contributed by atoms with Gasteiger partial charge in [-0.15, -0.1) is 0 Å². The SMILES string of the molecule is CCc1ccccc1CNc1ccc(I)cc1C. The average molecular weight is 351 g/mol. The molecule has 2 aromatic rings. The van der Waals surface area contributed by atoms with Crippen molar-refractivity contribution in [3.8, 4) is 0 Å². The van der Waals surface area contributed by atoms with Crippen molar-refractivity contribution in [3.63, 3.8) is 0 Å². The summed E-state index contributed by atoms with van der Waals surface area (Å²) in [7, 11) is 0. The molecule has 0 amide bonds. The van der Waals surface area contributed by atoms with E-state index in [9.17, 15) is 0 Å². The number of hydrogen-bond donors (Lipinski definition) is 1. The molecule has 2 aromatic carbocycles. The van der Waals surface area contributed by atoms with E-state index in [1.807, 2.05) is 0 Å². The summed E-state index contributed by atoms with van der Waals surface area (Å²) in [6.07, 6.45) is 1.09. The number of nitrogens with one attached hydrogen (secondary N) is 1. The molecule has 0 fully saturated rings. The summed E-state index contributed by atoms with van der Waals surface area (Å²) in [6, 6.07) is 15.1. The van der Waals surface area contributed by atoms with Gasteiger partial charge in [-0.1, -0.05) is 31.2 Å². The predicted molar refractivity (Wildman–Crippen MR) is 87.0 cm³/mol. The summed E-state index contributed by atoms with van der Waals surface area (Å²) in [4.78, 5) is 0. The predicted octanol–water partition coefficient (Wildman–Crippen LogP) is 4.77. The van der Waals surface area contributed by atoms with Gasteiger partial charge in [0, 0.05) is 15.8 Å². The van der Waals surface area contributed by atoms with Crippen molar-refractivity contribution in [3.05, 3.63) is 62.7 Å². The van der Waals surface area contributed by atoms with E-state index in [2.05, 4.69) is 84.2 Å². The van der Waals surface area contributed by atoms with Crippen molar-refractivity contribution in [2.75, 3.05) is 5.32 Å². The normalized spacial score (nSPS) is 10.4. The highest BCUT2D eigenvalue weighted by molar-refractivity contribution is 14.1. The third-order valence-electron chi connectivity index (χ3n) is 3.16. The number of rotatable bonds is 4. The van der Waals surface area contributed by atoms with Crippen molar-refractivity contribution in [1.82, 2.24) is 0 Å². The summed E-state index contributed by atoms with van der Waals surface area (Å²) < 4.78 is 1.28. The molecule has 0 saturated carbocycles.